The van der Waals surface area contributed by atoms with Crippen molar-refractivity contribution in [3.63, 3.8) is 0 Å². The molecule has 0 saturated carbocycles. The number of hydrogen-bond acceptors (Lipinski definition) is 5. The number of carbonyl (C=O) groups excluding carboxylic acids is 1. The van der Waals surface area contributed by atoms with Crippen LogP contribution in [0, 0.1) is 0 Å². The van der Waals surface area contributed by atoms with Gasteiger partial charge in [0.15, 0.2) is 0 Å². The van der Waals surface area contributed by atoms with Crippen molar-refractivity contribution in [2.24, 2.45) is 0 Å². The Kier molecular flexibility index (Phi) is 9.40. The molecule has 0 spiro atoms. The van der Waals surface area contributed by atoms with Gasteiger partial charge < -0.3 is 15.2 Å². The number of carboxylic acids is 1. The molecule has 5 rings (SSSR count). The van der Waals surface area contributed by atoms with E-state index in [-0.39, 0.29) is 30.5 Å². The van der Waals surface area contributed by atoms with Crippen LogP contribution in [0.1, 0.15) is 38.8 Å². The summed E-state index contributed by atoms with van der Waals surface area (Å²) in [5.41, 5.74) is 5.97. The van der Waals surface area contributed by atoms with Crippen LogP contribution < -0.4 is 10.1 Å². The molecule has 10 heteroatoms. The first-order valence-corrected chi connectivity index (χ1v) is 14.6. The number of nitrogens with one attached hydrogen (secondary N) is 1. The number of carboxylic acid groups (broad SMARTS) is 1. The van der Waals surface area contributed by atoms with Crippen LogP contribution in [0.5, 0.6) is 5.75 Å². The second-order valence-electron chi connectivity index (χ2n) is 9.98. The van der Waals surface area contributed by atoms with Crippen LogP contribution >= 0.6 is 11.3 Å². The van der Waals surface area contributed by atoms with Crippen LogP contribution in [0.2, 0.25) is 0 Å². The summed E-state index contributed by atoms with van der Waals surface area (Å²) < 4.78 is 42.3. The van der Waals surface area contributed by atoms with Gasteiger partial charge in [-0.25, -0.2) is 4.98 Å². The second kappa shape index (κ2) is 13.6. The summed E-state index contributed by atoms with van der Waals surface area (Å²) in [6.07, 6.45) is -4.49. The van der Waals surface area contributed by atoms with Crippen LogP contribution in [-0.4, -0.2) is 34.9 Å². The number of hydrogen-bond donors (Lipinski definition) is 2. The predicted octanol–water partition coefficient (Wildman–Crippen LogP) is 7.95. The third-order valence-electron chi connectivity index (χ3n) is 6.90. The molecule has 0 fully saturated rings. The molecule has 0 saturated heterocycles. The van der Waals surface area contributed by atoms with E-state index < -0.39 is 12.3 Å². The Balaban J connectivity index is 1.38. The Labute approximate surface area is 255 Å². The molecular weight excluding hydrogens is 589 g/mol. The lowest BCUT2D eigenvalue weighted by molar-refractivity contribution is -0.274. The Morgan fingerprint density at radius 1 is 0.841 bits per heavy atom. The zero-order chi connectivity index (χ0) is 31.1. The summed E-state index contributed by atoms with van der Waals surface area (Å²) in [6.45, 7) is 0.0212. The fourth-order valence-corrected chi connectivity index (χ4v) is 5.66. The van der Waals surface area contributed by atoms with Crippen molar-refractivity contribution in [3.05, 3.63) is 130 Å². The highest BCUT2D eigenvalue weighted by Crippen LogP contribution is 2.35. The van der Waals surface area contributed by atoms with Crippen molar-refractivity contribution < 1.29 is 32.6 Å². The quantitative estimate of drug-likeness (QED) is 0.157. The molecule has 1 amide bonds. The normalized spacial score (nSPS) is 12.0. The summed E-state index contributed by atoms with van der Waals surface area (Å²) >= 11 is 1.47. The third-order valence-corrected chi connectivity index (χ3v) is 7.86. The van der Waals surface area contributed by atoms with Crippen molar-refractivity contribution >= 4 is 23.2 Å². The van der Waals surface area contributed by atoms with Crippen molar-refractivity contribution in [3.8, 4) is 28.1 Å². The number of thiazole rings is 1. The maximum Gasteiger partial charge on any atom is 0.573 e. The van der Waals surface area contributed by atoms with E-state index in [1.807, 2.05) is 60.0 Å². The average Bonchev–Trinajstić information content (AvgIpc) is 3.50. The van der Waals surface area contributed by atoms with Crippen molar-refractivity contribution in [2.45, 2.75) is 25.1 Å². The first kappa shape index (κ1) is 30.5. The Bertz CT molecular complexity index is 1700. The highest BCUT2D eigenvalue weighted by molar-refractivity contribution is 7.10. The number of alkyl halides is 3. The smallest absolute Gasteiger partial charge is 0.481 e. The number of aromatic nitrogens is 1. The fourth-order valence-electron chi connectivity index (χ4n) is 4.71. The number of nitrogens with zero attached hydrogens (tertiary/aromatic N) is 1. The molecule has 1 unspecified atom stereocenters. The van der Waals surface area contributed by atoms with E-state index in [1.54, 1.807) is 36.4 Å². The number of aliphatic carboxylic acids is 1. The van der Waals surface area contributed by atoms with Crippen LogP contribution in [0.15, 0.2) is 109 Å². The standard InChI is InChI=1S/C34H27F3N2O4S/c35-34(36,37)43-28-16-14-25(15-17-28)29(20-22-6-8-27(9-7-22)32(42)38-19-18-31(40)41)33-39-30(21-44-33)26-12-10-24(11-13-26)23-4-2-1-3-5-23/h1-17,21,29H,18-20H2,(H,38,42)(H,40,41). The molecule has 4 aromatic carbocycles. The zero-order valence-corrected chi connectivity index (χ0v) is 24.1. The van der Waals surface area contributed by atoms with E-state index in [9.17, 15) is 22.8 Å². The molecular formula is C34H27F3N2O4S. The maximum atomic E-state index is 12.7. The van der Waals surface area contributed by atoms with Crippen LogP contribution in [0.4, 0.5) is 13.2 Å². The molecule has 6 nitrogen and oxygen atoms in total. The van der Waals surface area contributed by atoms with Gasteiger partial charge in [0, 0.05) is 29.0 Å². The predicted molar refractivity (Wildman–Crippen MR) is 163 cm³/mol. The molecule has 224 valence electrons. The Hall–Kier alpha value is -4.96. The highest BCUT2D eigenvalue weighted by atomic mass is 32.1. The molecule has 0 aliphatic carbocycles. The van der Waals surface area contributed by atoms with Crippen molar-refractivity contribution in [2.75, 3.05) is 6.54 Å². The molecule has 1 atom stereocenters. The van der Waals surface area contributed by atoms with Crippen LogP contribution in [0.3, 0.4) is 0 Å². The minimum absolute atomic E-state index is 0.0212. The molecule has 0 radical (unpaired) electrons. The van der Waals surface area contributed by atoms with E-state index in [0.717, 1.165) is 38.5 Å². The fraction of sp³-hybridized carbons (Fsp3) is 0.147. The SMILES string of the molecule is O=C(O)CCNC(=O)c1ccc(CC(c2ccc(OC(F)(F)F)cc2)c2nc(-c3ccc(-c4ccccc4)cc3)cs2)cc1. The van der Waals surface area contributed by atoms with E-state index in [0.29, 0.717) is 12.0 Å². The Morgan fingerprint density at radius 3 is 2.11 bits per heavy atom. The van der Waals surface area contributed by atoms with Crippen molar-refractivity contribution in [1.29, 1.82) is 0 Å². The molecule has 0 bridgehead atoms. The lowest BCUT2D eigenvalue weighted by Crippen LogP contribution is -2.25. The summed E-state index contributed by atoms with van der Waals surface area (Å²) in [6, 6.07) is 30.9. The van der Waals surface area contributed by atoms with Gasteiger partial charge in [0.05, 0.1) is 12.1 Å². The van der Waals surface area contributed by atoms with Gasteiger partial charge in [-0.2, -0.15) is 0 Å². The lowest BCUT2D eigenvalue weighted by atomic mass is 9.92. The molecule has 1 heterocycles. The number of rotatable bonds is 11. The number of benzene rings is 4. The highest BCUT2D eigenvalue weighted by Gasteiger charge is 2.31. The lowest BCUT2D eigenvalue weighted by Gasteiger charge is -2.17. The summed E-state index contributed by atoms with van der Waals surface area (Å²) in [5, 5.41) is 14.1. The van der Waals surface area contributed by atoms with E-state index >= 15 is 0 Å². The molecule has 0 aliphatic rings. The first-order chi connectivity index (χ1) is 21.1. The zero-order valence-electron chi connectivity index (χ0n) is 23.3. The summed E-state index contributed by atoms with van der Waals surface area (Å²) in [4.78, 5) is 28.0. The van der Waals surface area contributed by atoms with Gasteiger partial charge in [0.1, 0.15) is 10.8 Å². The van der Waals surface area contributed by atoms with Gasteiger partial charge in [-0.1, -0.05) is 78.9 Å². The van der Waals surface area contributed by atoms with Gasteiger partial charge in [-0.3, -0.25) is 9.59 Å². The van der Waals surface area contributed by atoms with Gasteiger partial charge in [-0.05, 0) is 52.9 Å². The van der Waals surface area contributed by atoms with E-state index in [1.165, 1.54) is 23.5 Å². The summed E-state index contributed by atoms with van der Waals surface area (Å²) in [7, 11) is 0. The minimum atomic E-state index is -4.79. The van der Waals surface area contributed by atoms with Crippen LogP contribution in [-0.2, 0) is 11.2 Å². The second-order valence-corrected chi connectivity index (χ2v) is 10.9. The monoisotopic (exact) mass is 616 g/mol. The van der Waals surface area contributed by atoms with E-state index in [4.69, 9.17) is 10.1 Å². The topological polar surface area (TPSA) is 88.5 Å². The average molecular weight is 617 g/mol. The summed E-state index contributed by atoms with van der Waals surface area (Å²) in [5.74, 6) is -1.97. The van der Waals surface area contributed by atoms with Gasteiger partial charge >= 0.3 is 12.3 Å². The number of amides is 1. The molecule has 1 aromatic heterocycles. The number of ether oxygens (including phenoxy) is 1. The Morgan fingerprint density at radius 2 is 1.48 bits per heavy atom. The molecule has 2 N–H and O–H groups in total. The maximum absolute atomic E-state index is 12.7. The first-order valence-electron chi connectivity index (χ1n) is 13.7. The van der Waals surface area contributed by atoms with Crippen LogP contribution in [0.25, 0.3) is 22.4 Å². The van der Waals surface area contributed by atoms with Gasteiger partial charge in [-0.15, -0.1) is 24.5 Å². The number of halogens is 3. The molecule has 44 heavy (non-hydrogen) atoms. The van der Waals surface area contributed by atoms with Gasteiger partial charge in [0.25, 0.3) is 5.91 Å². The molecule has 5 aromatic rings. The van der Waals surface area contributed by atoms with Gasteiger partial charge in [0.2, 0.25) is 0 Å². The largest absolute Gasteiger partial charge is 0.573 e. The van der Waals surface area contributed by atoms with E-state index in [2.05, 4.69) is 10.1 Å². The van der Waals surface area contributed by atoms with Crippen molar-refractivity contribution in [1.82, 2.24) is 10.3 Å². The third kappa shape index (κ3) is 8.11. The molecule has 0 aliphatic heterocycles. The number of carbonyl (C=O) groups is 2. The minimum Gasteiger partial charge on any atom is -0.481 e.